The molecule has 1 aliphatic heterocycles. The number of aromatic nitrogens is 1. The molecule has 0 aliphatic carbocycles. The molecule has 0 radical (unpaired) electrons. The van der Waals surface area contributed by atoms with E-state index < -0.39 is 17.3 Å². The van der Waals surface area contributed by atoms with Crippen LogP contribution in [-0.2, 0) is 17.5 Å². The van der Waals surface area contributed by atoms with Crippen LogP contribution >= 0.6 is 0 Å². The van der Waals surface area contributed by atoms with Gasteiger partial charge in [0.25, 0.3) is 5.56 Å². The maximum Gasteiger partial charge on any atom is 0.417 e. The zero-order valence-electron chi connectivity index (χ0n) is 15.5. The number of ether oxygens (including phenoxy) is 1. The molecule has 0 bridgehead atoms. The third kappa shape index (κ3) is 5.84. The van der Waals surface area contributed by atoms with E-state index in [1.54, 1.807) is 0 Å². The first kappa shape index (κ1) is 20.4. The molecular weight excluding hydrogens is 371 g/mol. The number of hydrogen-bond donors (Lipinski definition) is 2. The van der Waals surface area contributed by atoms with Crippen molar-refractivity contribution >= 4 is 5.69 Å². The van der Waals surface area contributed by atoms with Crippen LogP contribution in [0.15, 0.2) is 47.4 Å². The highest BCUT2D eigenvalue weighted by Crippen LogP contribution is 2.28. The van der Waals surface area contributed by atoms with E-state index in [2.05, 4.69) is 10.6 Å². The van der Waals surface area contributed by atoms with Gasteiger partial charge in [0.2, 0.25) is 0 Å². The van der Waals surface area contributed by atoms with E-state index in [0.29, 0.717) is 0 Å². The average Bonchev–Trinajstić information content (AvgIpc) is 2.68. The van der Waals surface area contributed by atoms with E-state index in [0.717, 1.165) is 73.2 Å². The van der Waals surface area contributed by atoms with Crippen LogP contribution in [0.3, 0.4) is 0 Å². The molecule has 1 fully saturated rings. The van der Waals surface area contributed by atoms with Gasteiger partial charge in [0.15, 0.2) is 0 Å². The smallest absolute Gasteiger partial charge is 0.385 e. The van der Waals surface area contributed by atoms with Crippen LogP contribution in [0.2, 0.25) is 0 Å². The van der Waals surface area contributed by atoms with Crippen molar-refractivity contribution in [3.8, 4) is 0 Å². The Labute approximate surface area is 161 Å². The van der Waals surface area contributed by atoms with Gasteiger partial charge in [-0.2, -0.15) is 13.2 Å². The number of nitrogens with zero attached hydrogens (tertiary/aromatic N) is 1. The lowest BCUT2D eigenvalue weighted by Crippen LogP contribution is -2.38. The lowest BCUT2D eigenvalue weighted by atomic mass is 10.1. The molecule has 2 heterocycles. The molecule has 2 N–H and O–H groups in total. The van der Waals surface area contributed by atoms with Crippen LogP contribution in [-0.4, -0.2) is 36.9 Å². The molecule has 1 aliphatic rings. The predicted molar refractivity (Wildman–Crippen MR) is 102 cm³/mol. The normalized spacial score (nSPS) is 17.5. The van der Waals surface area contributed by atoms with Gasteiger partial charge in [-0.3, -0.25) is 4.79 Å². The lowest BCUT2D eigenvalue weighted by Gasteiger charge is -2.23. The van der Waals surface area contributed by atoms with E-state index in [1.165, 1.54) is 0 Å². The van der Waals surface area contributed by atoms with Crippen molar-refractivity contribution in [3.05, 3.63) is 64.1 Å². The van der Waals surface area contributed by atoms with Crippen molar-refractivity contribution in [1.29, 1.82) is 0 Å². The summed E-state index contributed by atoms with van der Waals surface area (Å²) in [5.74, 6) is 0. The Bertz CT molecular complexity index is 813. The molecule has 0 saturated carbocycles. The highest BCUT2D eigenvalue weighted by molar-refractivity contribution is 5.44. The summed E-state index contributed by atoms with van der Waals surface area (Å²) in [6.07, 6.45) is -1.38. The Kier molecular flexibility index (Phi) is 6.74. The van der Waals surface area contributed by atoms with E-state index in [9.17, 15) is 18.0 Å². The predicted octanol–water partition coefficient (Wildman–Crippen LogP) is 3.10. The average molecular weight is 395 g/mol. The molecule has 1 saturated heterocycles. The van der Waals surface area contributed by atoms with Gasteiger partial charge in [-0.05, 0) is 36.6 Å². The van der Waals surface area contributed by atoms with Crippen LogP contribution in [0.25, 0.3) is 0 Å². The number of anilines is 1. The Balaban J connectivity index is 1.51. The fourth-order valence-corrected chi connectivity index (χ4v) is 3.11. The molecule has 5 nitrogen and oxygen atoms in total. The number of hydrogen-bond acceptors (Lipinski definition) is 4. The minimum atomic E-state index is -4.47. The summed E-state index contributed by atoms with van der Waals surface area (Å²) in [7, 11) is 0. The van der Waals surface area contributed by atoms with Gasteiger partial charge < -0.3 is 19.9 Å². The van der Waals surface area contributed by atoms with Crippen molar-refractivity contribution in [2.24, 2.45) is 0 Å². The Morgan fingerprint density at radius 3 is 2.64 bits per heavy atom. The summed E-state index contributed by atoms with van der Waals surface area (Å²) in [5, 5.41) is 6.63. The van der Waals surface area contributed by atoms with Gasteiger partial charge >= 0.3 is 6.18 Å². The summed E-state index contributed by atoms with van der Waals surface area (Å²) < 4.78 is 45.2. The molecule has 3 rings (SSSR count). The number of rotatable bonds is 7. The number of alkyl halides is 3. The maximum atomic E-state index is 12.8. The molecular formula is C20H24F3N3O2. The molecule has 1 aromatic heterocycles. The third-order valence-corrected chi connectivity index (χ3v) is 4.65. The molecule has 152 valence electrons. The van der Waals surface area contributed by atoms with E-state index in [4.69, 9.17) is 4.74 Å². The molecule has 1 unspecified atom stereocenters. The van der Waals surface area contributed by atoms with Crippen molar-refractivity contribution in [3.63, 3.8) is 0 Å². The minimum absolute atomic E-state index is 0.0923. The van der Waals surface area contributed by atoms with Crippen LogP contribution in [0.4, 0.5) is 18.9 Å². The minimum Gasteiger partial charge on any atom is -0.385 e. The first-order valence-corrected chi connectivity index (χ1v) is 9.34. The fourth-order valence-electron chi connectivity index (χ4n) is 3.11. The highest BCUT2D eigenvalue weighted by atomic mass is 19.4. The number of halogens is 3. The molecule has 8 heteroatoms. The van der Waals surface area contributed by atoms with Gasteiger partial charge in [0.1, 0.15) is 0 Å². The number of morpholine rings is 1. The summed E-state index contributed by atoms with van der Waals surface area (Å²) in [6, 6.07) is 9.11. The summed E-state index contributed by atoms with van der Waals surface area (Å²) >= 11 is 0. The second-order valence-electron chi connectivity index (χ2n) is 6.84. The highest BCUT2D eigenvalue weighted by Gasteiger charge is 2.31. The van der Waals surface area contributed by atoms with Crippen LogP contribution in [0, 0.1) is 0 Å². The van der Waals surface area contributed by atoms with Crippen molar-refractivity contribution in [2.75, 3.05) is 31.6 Å². The molecule has 1 atom stereocenters. The monoisotopic (exact) mass is 395 g/mol. The van der Waals surface area contributed by atoms with E-state index >= 15 is 0 Å². The summed E-state index contributed by atoms with van der Waals surface area (Å²) in [4.78, 5) is 11.8. The molecule has 0 spiro atoms. The molecule has 28 heavy (non-hydrogen) atoms. The van der Waals surface area contributed by atoms with E-state index in [1.807, 2.05) is 24.3 Å². The van der Waals surface area contributed by atoms with Crippen LogP contribution in [0.1, 0.15) is 24.0 Å². The second-order valence-corrected chi connectivity index (χ2v) is 6.84. The standard InChI is InChI=1S/C20H24F3N3O2/c21-20(22,23)16-5-8-19(27)26(14-16)13-15-3-6-17(7-4-15)25-9-1-2-18-12-24-10-11-28-18/h3-8,14,18,24-25H,1-2,9-13H2. The quantitative estimate of drug-likeness (QED) is 0.708. The van der Waals surface area contributed by atoms with Crippen molar-refractivity contribution in [1.82, 2.24) is 9.88 Å². The third-order valence-electron chi connectivity index (χ3n) is 4.65. The molecule has 2 aromatic rings. The number of nitrogens with one attached hydrogen (secondary N) is 2. The van der Waals surface area contributed by atoms with Gasteiger partial charge in [0, 0.05) is 37.6 Å². The summed E-state index contributed by atoms with van der Waals surface area (Å²) in [6.45, 7) is 3.47. The Hall–Kier alpha value is -2.32. The van der Waals surface area contributed by atoms with Crippen LogP contribution < -0.4 is 16.2 Å². The summed E-state index contributed by atoms with van der Waals surface area (Å²) in [5.41, 5.74) is 0.397. The number of benzene rings is 1. The second kappa shape index (κ2) is 9.25. The van der Waals surface area contributed by atoms with Gasteiger partial charge in [-0.25, -0.2) is 0 Å². The van der Waals surface area contributed by atoms with E-state index in [-0.39, 0.29) is 12.6 Å². The first-order chi connectivity index (χ1) is 13.4. The SMILES string of the molecule is O=c1ccc(C(F)(F)F)cn1Cc1ccc(NCCCC2CNCCO2)cc1. The zero-order chi connectivity index (χ0) is 20.0. The Morgan fingerprint density at radius 2 is 1.96 bits per heavy atom. The van der Waals surface area contributed by atoms with Crippen molar-refractivity contribution in [2.45, 2.75) is 31.7 Å². The van der Waals surface area contributed by atoms with Crippen molar-refractivity contribution < 1.29 is 17.9 Å². The zero-order valence-corrected chi connectivity index (χ0v) is 15.5. The van der Waals surface area contributed by atoms with Crippen LogP contribution in [0.5, 0.6) is 0 Å². The molecule has 0 amide bonds. The van der Waals surface area contributed by atoms with Gasteiger partial charge in [0.05, 0.1) is 24.8 Å². The maximum absolute atomic E-state index is 12.8. The molecule has 1 aromatic carbocycles. The topological polar surface area (TPSA) is 55.3 Å². The van der Waals surface area contributed by atoms with Gasteiger partial charge in [-0.15, -0.1) is 0 Å². The largest absolute Gasteiger partial charge is 0.417 e. The van der Waals surface area contributed by atoms with Gasteiger partial charge in [-0.1, -0.05) is 12.1 Å². The Morgan fingerprint density at radius 1 is 1.18 bits per heavy atom. The lowest BCUT2D eigenvalue weighted by molar-refractivity contribution is -0.138. The first-order valence-electron chi connectivity index (χ1n) is 9.34. The number of pyridine rings is 1. The fraction of sp³-hybridized carbons (Fsp3) is 0.450.